The minimum atomic E-state index is -0.582. The van der Waals surface area contributed by atoms with E-state index >= 15 is 0 Å². The number of benzene rings is 2. The molecule has 0 saturated carbocycles. The molecule has 1 aliphatic heterocycles. The maximum Gasteiger partial charge on any atom is 0.270 e. The van der Waals surface area contributed by atoms with E-state index in [-0.39, 0.29) is 16.8 Å². The molecule has 2 aromatic rings. The first-order chi connectivity index (χ1) is 10.5. The predicted octanol–water partition coefficient (Wildman–Crippen LogP) is 2.95. The normalized spacial score (nSPS) is 14.9. The number of fused-ring (bicyclic) bond motifs is 1. The van der Waals surface area contributed by atoms with Gasteiger partial charge in [-0.2, -0.15) is 0 Å². The Labute approximate surface area is 126 Å². The quantitative estimate of drug-likeness (QED) is 0.495. The van der Waals surface area contributed by atoms with Gasteiger partial charge in [0, 0.05) is 12.1 Å². The van der Waals surface area contributed by atoms with Gasteiger partial charge in [-0.25, -0.2) is 0 Å². The summed E-state index contributed by atoms with van der Waals surface area (Å²) in [7, 11) is 0. The third-order valence-electron chi connectivity index (χ3n) is 3.78. The van der Waals surface area contributed by atoms with E-state index in [9.17, 15) is 19.7 Å². The van der Waals surface area contributed by atoms with Gasteiger partial charge in [-0.1, -0.05) is 30.3 Å². The SMILES string of the molecule is C[C@@H](c1ccccc1)N1C(=O)c2ccc([N+](=O)[O-])cc2C1=O. The smallest absolute Gasteiger partial charge is 0.269 e. The topological polar surface area (TPSA) is 80.5 Å². The number of hydrogen-bond acceptors (Lipinski definition) is 4. The average Bonchev–Trinajstić information content (AvgIpc) is 2.78. The van der Waals surface area contributed by atoms with Crippen LogP contribution >= 0.6 is 0 Å². The number of carbonyl (C=O) groups is 2. The molecular formula is C16H12N2O4. The van der Waals surface area contributed by atoms with Crippen molar-refractivity contribution in [2.75, 3.05) is 0 Å². The van der Waals surface area contributed by atoms with E-state index in [1.54, 1.807) is 6.92 Å². The molecule has 22 heavy (non-hydrogen) atoms. The van der Waals surface area contributed by atoms with Crippen molar-refractivity contribution in [3.05, 3.63) is 75.3 Å². The van der Waals surface area contributed by atoms with Crippen molar-refractivity contribution in [3.8, 4) is 0 Å². The van der Waals surface area contributed by atoms with Crippen LogP contribution in [0.1, 0.15) is 39.2 Å². The molecule has 110 valence electrons. The number of imide groups is 1. The molecule has 6 heteroatoms. The number of amides is 2. The van der Waals surface area contributed by atoms with E-state index in [2.05, 4.69) is 0 Å². The fourth-order valence-corrected chi connectivity index (χ4v) is 2.59. The number of hydrogen-bond donors (Lipinski definition) is 0. The van der Waals surface area contributed by atoms with Gasteiger partial charge in [-0.3, -0.25) is 24.6 Å². The summed E-state index contributed by atoms with van der Waals surface area (Å²) in [4.78, 5) is 36.3. The van der Waals surface area contributed by atoms with Gasteiger partial charge < -0.3 is 0 Å². The monoisotopic (exact) mass is 296 g/mol. The lowest BCUT2D eigenvalue weighted by Gasteiger charge is -2.22. The molecule has 0 N–H and O–H groups in total. The molecular weight excluding hydrogens is 284 g/mol. The van der Waals surface area contributed by atoms with Crippen LogP contribution in [0, 0.1) is 10.1 Å². The molecule has 0 spiro atoms. The van der Waals surface area contributed by atoms with Crippen LogP contribution in [0.3, 0.4) is 0 Å². The summed E-state index contributed by atoms with van der Waals surface area (Å²) in [5, 5.41) is 10.8. The van der Waals surface area contributed by atoms with Gasteiger partial charge in [0.1, 0.15) is 0 Å². The van der Waals surface area contributed by atoms with Gasteiger partial charge in [0.25, 0.3) is 17.5 Å². The van der Waals surface area contributed by atoms with Crippen LogP contribution in [0.2, 0.25) is 0 Å². The number of rotatable bonds is 3. The minimum absolute atomic E-state index is 0.0852. The Balaban J connectivity index is 2.01. The maximum atomic E-state index is 12.5. The summed E-state index contributed by atoms with van der Waals surface area (Å²) < 4.78 is 0. The first kappa shape index (κ1) is 13.9. The highest BCUT2D eigenvalue weighted by molar-refractivity contribution is 6.21. The molecule has 0 saturated heterocycles. The van der Waals surface area contributed by atoms with Crippen LogP contribution in [0.25, 0.3) is 0 Å². The molecule has 0 bridgehead atoms. The Hall–Kier alpha value is -3.02. The van der Waals surface area contributed by atoms with Gasteiger partial charge in [-0.15, -0.1) is 0 Å². The first-order valence-electron chi connectivity index (χ1n) is 6.72. The number of nitrogens with zero attached hydrogens (tertiary/aromatic N) is 2. The lowest BCUT2D eigenvalue weighted by molar-refractivity contribution is -0.384. The summed E-state index contributed by atoms with van der Waals surface area (Å²) >= 11 is 0. The molecule has 2 aromatic carbocycles. The van der Waals surface area contributed by atoms with Crippen molar-refractivity contribution >= 4 is 17.5 Å². The zero-order valence-electron chi connectivity index (χ0n) is 11.7. The largest absolute Gasteiger partial charge is 0.270 e. The molecule has 1 aliphatic rings. The Morgan fingerprint density at radius 2 is 1.64 bits per heavy atom. The van der Waals surface area contributed by atoms with Crippen LogP contribution in [0.4, 0.5) is 5.69 Å². The fraction of sp³-hybridized carbons (Fsp3) is 0.125. The molecule has 0 radical (unpaired) electrons. The molecule has 0 unspecified atom stereocenters. The highest BCUT2D eigenvalue weighted by Crippen LogP contribution is 2.32. The second kappa shape index (κ2) is 5.07. The highest BCUT2D eigenvalue weighted by atomic mass is 16.6. The molecule has 0 fully saturated rings. The number of nitro groups is 1. The summed E-state index contributed by atoms with van der Waals surface area (Å²) in [6.45, 7) is 1.76. The first-order valence-corrected chi connectivity index (χ1v) is 6.72. The van der Waals surface area contributed by atoms with Crippen LogP contribution in [-0.2, 0) is 0 Å². The van der Waals surface area contributed by atoms with E-state index in [1.165, 1.54) is 12.1 Å². The van der Waals surface area contributed by atoms with Crippen molar-refractivity contribution < 1.29 is 14.5 Å². The van der Waals surface area contributed by atoms with E-state index in [4.69, 9.17) is 0 Å². The zero-order chi connectivity index (χ0) is 15.9. The third kappa shape index (κ3) is 2.05. The third-order valence-corrected chi connectivity index (χ3v) is 3.78. The summed E-state index contributed by atoms with van der Waals surface area (Å²) in [6, 6.07) is 12.5. The Morgan fingerprint density at radius 1 is 1.00 bits per heavy atom. The molecule has 1 atom stereocenters. The minimum Gasteiger partial charge on any atom is -0.269 e. The second-order valence-corrected chi connectivity index (χ2v) is 5.05. The van der Waals surface area contributed by atoms with E-state index in [0.29, 0.717) is 0 Å². The molecule has 1 heterocycles. The highest BCUT2D eigenvalue weighted by Gasteiger charge is 2.39. The van der Waals surface area contributed by atoms with E-state index in [0.717, 1.165) is 16.5 Å². The molecule has 2 amide bonds. The Kier molecular flexibility index (Phi) is 3.21. The lowest BCUT2D eigenvalue weighted by Crippen LogP contribution is -2.32. The van der Waals surface area contributed by atoms with Crippen molar-refractivity contribution in [2.45, 2.75) is 13.0 Å². The Morgan fingerprint density at radius 3 is 2.27 bits per heavy atom. The molecule has 3 rings (SSSR count). The molecule has 0 aliphatic carbocycles. The summed E-state index contributed by atoms with van der Waals surface area (Å²) in [5.74, 6) is -0.925. The maximum absolute atomic E-state index is 12.5. The van der Waals surface area contributed by atoms with Crippen LogP contribution in [0.15, 0.2) is 48.5 Å². The fourth-order valence-electron chi connectivity index (χ4n) is 2.59. The van der Waals surface area contributed by atoms with Crippen molar-refractivity contribution in [1.29, 1.82) is 0 Å². The van der Waals surface area contributed by atoms with Gasteiger partial charge in [0.2, 0.25) is 0 Å². The van der Waals surface area contributed by atoms with Crippen LogP contribution in [-0.4, -0.2) is 21.6 Å². The van der Waals surface area contributed by atoms with Crippen LogP contribution in [0.5, 0.6) is 0 Å². The van der Waals surface area contributed by atoms with Crippen LogP contribution < -0.4 is 0 Å². The van der Waals surface area contributed by atoms with Gasteiger partial charge in [0.05, 0.1) is 22.1 Å². The van der Waals surface area contributed by atoms with Gasteiger partial charge in [0.15, 0.2) is 0 Å². The van der Waals surface area contributed by atoms with Gasteiger partial charge in [-0.05, 0) is 18.6 Å². The van der Waals surface area contributed by atoms with E-state index in [1.807, 2.05) is 30.3 Å². The Bertz CT molecular complexity index is 786. The number of nitro benzene ring substituents is 1. The van der Waals surface area contributed by atoms with Crippen molar-refractivity contribution in [1.82, 2.24) is 4.90 Å². The summed E-state index contributed by atoms with van der Waals surface area (Å²) in [6.07, 6.45) is 0. The van der Waals surface area contributed by atoms with Gasteiger partial charge >= 0.3 is 0 Å². The summed E-state index contributed by atoms with van der Waals surface area (Å²) in [5.41, 5.74) is 0.918. The number of carbonyl (C=O) groups excluding carboxylic acids is 2. The standard InChI is InChI=1S/C16H12N2O4/c1-10(11-5-3-2-4-6-11)17-15(19)13-8-7-12(18(21)22)9-14(13)16(17)20/h2-10H,1H3/t10-/m0/s1. The zero-order valence-corrected chi connectivity index (χ0v) is 11.7. The molecule has 0 aromatic heterocycles. The second-order valence-electron chi connectivity index (χ2n) is 5.05. The number of non-ortho nitro benzene ring substituents is 1. The van der Waals surface area contributed by atoms with E-state index < -0.39 is 22.8 Å². The average molecular weight is 296 g/mol. The predicted molar refractivity (Wildman–Crippen MR) is 78.5 cm³/mol. The lowest BCUT2D eigenvalue weighted by atomic mass is 10.1. The van der Waals surface area contributed by atoms with Crippen molar-refractivity contribution in [3.63, 3.8) is 0 Å². The van der Waals surface area contributed by atoms with Crippen molar-refractivity contribution in [2.24, 2.45) is 0 Å². The molecule has 6 nitrogen and oxygen atoms in total.